The molecular weight excluding hydrogens is 212 g/mol. The number of hydrogen-bond acceptors (Lipinski definition) is 3. The number of rotatable bonds is 5. The molecule has 1 aromatic carbocycles. The standard InChI is InChI=1S/C11H14O3S/c1-8-7-9(14-5-6-15-2)3-4-10(8)11(12)13/h3-4,7H,5-6H2,1-2H3,(H,12,13). The molecule has 1 aromatic rings. The van der Waals surface area contributed by atoms with Crippen LogP contribution in [-0.4, -0.2) is 29.7 Å². The minimum Gasteiger partial charge on any atom is -0.493 e. The lowest BCUT2D eigenvalue weighted by Gasteiger charge is -2.07. The van der Waals surface area contributed by atoms with Crippen molar-refractivity contribution in [3.63, 3.8) is 0 Å². The second-order valence-corrected chi connectivity index (χ2v) is 4.11. The maximum absolute atomic E-state index is 10.7. The Bertz CT molecular complexity index is 350. The average Bonchev–Trinajstić information content (AvgIpc) is 2.17. The molecule has 0 radical (unpaired) electrons. The molecule has 3 nitrogen and oxygen atoms in total. The lowest BCUT2D eigenvalue weighted by molar-refractivity contribution is 0.0696. The van der Waals surface area contributed by atoms with Gasteiger partial charge in [-0.25, -0.2) is 4.79 Å². The van der Waals surface area contributed by atoms with Crippen LogP contribution in [0, 0.1) is 6.92 Å². The quantitative estimate of drug-likeness (QED) is 0.783. The molecule has 0 aliphatic heterocycles. The minimum absolute atomic E-state index is 0.326. The summed E-state index contributed by atoms with van der Waals surface area (Å²) in [5, 5.41) is 8.83. The van der Waals surface area contributed by atoms with Crippen LogP contribution in [0.1, 0.15) is 15.9 Å². The zero-order chi connectivity index (χ0) is 11.3. The van der Waals surface area contributed by atoms with Gasteiger partial charge in [-0.2, -0.15) is 11.8 Å². The number of aromatic carboxylic acids is 1. The van der Waals surface area contributed by atoms with Crippen LogP contribution in [-0.2, 0) is 0 Å². The van der Waals surface area contributed by atoms with E-state index < -0.39 is 5.97 Å². The predicted octanol–water partition coefficient (Wildman–Crippen LogP) is 2.44. The summed E-state index contributed by atoms with van der Waals surface area (Å²) < 4.78 is 5.45. The van der Waals surface area contributed by atoms with Gasteiger partial charge in [0.1, 0.15) is 5.75 Å². The van der Waals surface area contributed by atoms with Crippen molar-refractivity contribution in [3.8, 4) is 5.75 Å². The van der Waals surface area contributed by atoms with Gasteiger partial charge >= 0.3 is 5.97 Å². The summed E-state index contributed by atoms with van der Waals surface area (Å²) in [4.78, 5) is 10.7. The summed E-state index contributed by atoms with van der Waals surface area (Å²) in [6, 6.07) is 5.02. The van der Waals surface area contributed by atoms with Crippen LogP contribution in [0.3, 0.4) is 0 Å². The molecule has 0 aromatic heterocycles. The maximum Gasteiger partial charge on any atom is 0.335 e. The first kappa shape index (κ1) is 11.9. The fourth-order valence-electron chi connectivity index (χ4n) is 1.21. The van der Waals surface area contributed by atoms with E-state index in [2.05, 4.69) is 0 Å². The first-order valence-corrected chi connectivity index (χ1v) is 6.00. The monoisotopic (exact) mass is 226 g/mol. The van der Waals surface area contributed by atoms with Crippen LogP contribution < -0.4 is 4.74 Å². The Morgan fingerprint density at radius 3 is 2.80 bits per heavy atom. The van der Waals surface area contributed by atoms with Crippen LogP contribution in [0.2, 0.25) is 0 Å². The topological polar surface area (TPSA) is 46.5 Å². The van der Waals surface area contributed by atoms with Gasteiger partial charge in [-0.15, -0.1) is 0 Å². The summed E-state index contributed by atoms with van der Waals surface area (Å²) in [5.74, 6) is 0.759. The van der Waals surface area contributed by atoms with Crippen LogP contribution in [0.4, 0.5) is 0 Å². The Morgan fingerprint density at radius 1 is 1.53 bits per heavy atom. The van der Waals surface area contributed by atoms with Crippen molar-refractivity contribution in [2.75, 3.05) is 18.6 Å². The highest BCUT2D eigenvalue weighted by Crippen LogP contribution is 2.17. The molecule has 0 unspecified atom stereocenters. The van der Waals surface area contributed by atoms with Crippen molar-refractivity contribution in [1.82, 2.24) is 0 Å². The first-order chi connectivity index (χ1) is 7.15. The summed E-state index contributed by atoms with van der Waals surface area (Å²) in [5.41, 5.74) is 1.05. The molecule has 0 spiro atoms. The van der Waals surface area contributed by atoms with Crippen LogP contribution in [0.5, 0.6) is 5.75 Å². The number of carboxylic acids is 1. The first-order valence-electron chi connectivity index (χ1n) is 4.61. The van der Waals surface area contributed by atoms with Gasteiger partial charge in [0.25, 0.3) is 0 Å². The molecule has 0 bridgehead atoms. The number of aryl methyl sites for hydroxylation is 1. The smallest absolute Gasteiger partial charge is 0.335 e. The van der Waals surface area contributed by atoms with Crippen LogP contribution in [0.25, 0.3) is 0 Å². The molecule has 0 saturated carbocycles. The second kappa shape index (κ2) is 5.66. The average molecular weight is 226 g/mol. The van der Waals surface area contributed by atoms with E-state index >= 15 is 0 Å². The maximum atomic E-state index is 10.7. The second-order valence-electron chi connectivity index (χ2n) is 3.12. The van der Waals surface area contributed by atoms with Crippen molar-refractivity contribution < 1.29 is 14.6 Å². The molecule has 0 amide bonds. The molecular formula is C11H14O3S. The van der Waals surface area contributed by atoms with Crippen molar-refractivity contribution in [1.29, 1.82) is 0 Å². The minimum atomic E-state index is -0.900. The molecule has 0 saturated heterocycles. The zero-order valence-corrected chi connectivity index (χ0v) is 9.63. The summed E-state index contributed by atoms with van der Waals surface area (Å²) in [6.07, 6.45) is 2.02. The molecule has 0 fully saturated rings. The normalized spacial score (nSPS) is 10.0. The Balaban J connectivity index is 2.69. The SMILES string of the molecule is CSCCOc1ccc(C(=O)O)c(C)c1. The van der Waals surface area contributed by atoms with E-state index in [1.165, 1.54) is 0 Å². The summed E-state index contributed by atoms with van der Waals surface area (Å²) in [6.45, 7) is 2.41. The van der Waals surface area contributed by atoms with Crippen LogP contribution >= 0.6 is 11.8 Å². The number of carbonyl (C=O) groups is 1. The molecule has 82 valence electrons. The van der Waals surface area contributed by atoms with Crippen molar-refractivity contribution >= 4 is 17.7 Å². The van der Waals surface area contributed by atoms with E-state index in [-0.39, 0.29) is 0 Å². The molecule has 4 heteroatoms. The third-order valence-corrected chi connectivity index (χ3v) is 2.56. The predicted molar refractivity (Wildman–Crippen MR) is 62.0 cm³/mol. The lowest BCUT2D eigenvalue weighted by atomic mass is 10.1. The van der Waals surface area contributed by atoms with Crippen molar-refractivity contribution in [2.24, 2.45) is 0 Å². The Morgan fingerprint density at radius 2 is 2.27 bits per heavy atom. The van der Waals surface area contributed by atoms with Gasteiger partial charge in [0, 0.05) is 5.75 Å². The number of carboxylic acid groups (broad SMARTS) is 1. The summed E-state index contributed by atoms with van der Waals surface area (Å²) in [7, 11) is 0. The molecule has 1 rings (SSSR count). The van der Waals surface area contributed by atoms with Gasteiger partial charge in [-0.3, -0.25) is 0 Å². The third-order valence-electron chi connectivity index (χ3n) is 1.98. The molecule has 1 N–H and O–H groups in total. The zero-order valence-electron chi connectivity index (χ0n) is 8.82. The molecule has 0 atom stereocenters. The van der Waals surface area contributed by atoms with Gasteiger partial charge in [0.2, 0.25) is 0 Å². The highest BCUT2D eigenvalue weighted by molar-refractivity contribution is 7.98. The number of benzene rings is 1. The van der Waals surface area contributed by atoms with E-state index in [0.717, 1.165) is 17.1 Å². The van der Waals surface area contributed by atoms with Gasteiger partial charge in [-0.05, 0) is 36.9 Å². The largest absolute Gasteiger partial charge is 0.493 e. The summed E-state index contributed by atoms with van der Waals surface area (Å²) >= 11 is 1.71. The van der Waals surface area contributed by atoms with Gasteiger partial charge < -0.3 is 9.84 Å². The molecule has 15 heavy (non-hydrogen) atoms. The van der Waals surface area contributed by atoms with Gasteiger partial charge in [-0.1, -0.05) is 0 Å². The highest BCUT2D eigenvalue weighted by Gasteiger charge is 2.07. The lowest BCUT2D eigenvalue weighted by Crippen LogP contribution is -2.02. The van der Waals surface area contributed by atoms with Crippen LogP contribution in [0.15, 0.2) is 18.2 Å². The molecule has 0 aliphatic carbocycles. The Hall–Kier alpha value is -1.16. The van der Waals surface area contributed by atoms with E-state index in [1.54, 1.807) is 36.9 Å². The van der Waals surface area contributed by atoms with E-state index in [0.29, 0.717) is 12.2 Å². The van der Waals surface area contributed by atoms with E-state index in [4.69, 9.17) is 9.84 Å². The number of hydrogen-bond donors (Lipinski definition) is 1. The number of thioether (sulfide) groups is 1. The van der Waals surface area contributed by atoms with Gasteiger partial charge in [0.15, 0.2) is 0 Å². The van der Waals surface area contributed by atoms with E-state index in [9.17, 15) is 4.79 Å². The van der Waals surface area contributed by atoms with Crippen molar-refractivity contribution in [3.05, 3.63) is 29.3 Å². The Labute approximate surface area is 93.4 Å². The molecule has 0 heterocycles. The third kappa shape index (κ3) is 3.47. The van der Waals surface area contributed by atoms with Crippen molar-refractivity contribution in [2.45, 2.75) is 6.92 Å². The fraction of sp³-hybridized carbons (Fsp3) is 0.364. The fourth-order valence-corrected chi connectivity index (χ4v) is 1.46. The highest BCUT2D eigenvalue weighted by atomic mass is 32.2. The van der Waals surface area contributed by atoms with Gasteiger partial charge in [0.05, 0.1) is 12.2 Å². The Kier molecular flexibility index (Phi) is 4.49. The molecule has 0 aliphatic rings. The number of ether oxygens (including phenoxy) is 1. The van der Waals surface area contributed by atoms with E-state index in [1.807, 2.05) is 6.26 Å².